The third kappa shape index (κ3) is 4.86. The first-order valence-electron chi connectivity index (χ1n) is 8.54. The molecule has 0 atom stereocenters. The van der Waals surface area contributed by atoms with E-state index >= 15 is 0 Å². The topological polar surface area (TPSA) is 85.2 Å². The summed E-state index contributed by atoms with van der Waals surface area (Å²) in [6.45, 7) is 0.129. The minimum Gasteiger partial charge on any atom is -0.325 e. The van der Waals surface area contributed by atoms with Crippen molar-refractivity contribution in [3.8, 4) is 6.07 Å². The third-order valence-corrected chi connectivity index (χ3v) is 5.70. The van der Waals surface area contributed by atoms with E-state index in [2.05, 4.69) is 16.7 Å². The van der Waals surface area contributed by atoms with Crippen molar-refractivity contribution in [3.63, 3.8) is 0 Å². The number of carbonyl (C=O) groups excluding carboxylic acids is 2. The molecule has 2 N–H and O–H groups in total. The van der Waals surface area contributed by atoms with Gasteiger partial charge in [-0.25, -0.2) is 0 Å². The maximum atomic E-state index is 12.3. The molecule has 8 heteroatoms. The summed E-state index contributed by atoms with van der Waals surface area (Å²) in [6.07, 6.45) is 2.93. The van der Waals surface area contributed by atoms with Crippen LogP contribution in [0.4, 0.5) is 10.7 Å². The van der Waals surface area contributed by atoms with E-state index in [9.17, 15) is 14.9 Å². The van der Waals surface area contributed by atoms with Gasteiger partial charge in [0, 0.05) is 15.6 Å². The molecule has 1 aromatic carbocycles. The van der Waals surface area contributed by atoms with Crippen LogP contribution in [-0.4, -0.2) is 36.9 Å². The van der Waals surface area contributed by atoms with Crippen molar-refractivity contribution < 1.29 is 9.59 Å². The Bertz CT molecular complexity index is 902. The molecule has 27 heavy (non-hydrogen) atoms. The zero-order valence-corrected chi connectivity index (χ0v) is 16.4. The molecule has 1 aliphatic carbocycles. The summed E-state index contributed by atoms with van der Waals surface area (Å²) in [5, 5.41) is 16.2. The summed E-state index contributed by atoms with van der Waals surface area (Å²) >= 11 is 7.30. The fraction of sp³-hybridized carbons (Fsp3) is 0.316. The molecule has 0 bridgehead atoms. The lowest BCUT2D eigenvalue weighted by atomic mass is 10.1. The summed E-state index contributed by atoms with van der Waals surface area (Å²) < 4.78 is 0. The first kappa shape index (κ1) is 19.4. The number of nitrogens with zero attached hydrogens (tertiary/aromatic N) is 2. The fourth-order valence-corrected chi connectivity index (χ4v) is 4.44. The highest BCUT2D eigenvalue weighted by atomic mass is 35.5. The lowest BCUT2D eigenvalue weighted by Crippen LogP contribution is -2.36. The second-order valence-corrected chi connectivity index (χ2v) is 7.99. The molecule has 1 aliphatic rings. The van der Waals surface area contributed by atoms with E-state index in [0.29, 0.717) is 21.3 Å². The van der Waals surface area contributed by atoms with Gasteiger partial charge in [-0.15, -0.1) is 11.3 Å². The molecule has 2 amide bonds. The Kier molecular flexibility index (Phi) is 6.11. The summed E-state index contributed by atoms with van der Waals surface area (Å²) in [4.78, 5) is 27.2. The maximum absolute atomic E-state index is 12.3. The van der Waals surface area contributed by atoms with Crippen LogP contribution in [-0.2, 0) is 22.4 Å². The molecule has 1 aromatic heterocycles. The largest absolute Gasteiger partial charge is 0.325 e. The van der Waals surface area contributed by atoms with Gasteiger partial charge >= 0.3 is 0 Å². The molecule has 0 spiro atoms. The van der Waals surface area contributed by atoms with Gasteiger partial charge < -0.3 is 10.6 Å². The van der Waals surface area contributed by atoms with E-state index < -0.39 is 0 Å². The number of rotatable bonds is 6. The van der Waals surface area contributed by atoms with E-state index in [0.717, 1.165) is 24.8 Å². The number of anilines is 2. The maximum Gasteiger partial charge on any atom is 0.239 e. The van der Waals surface area contributed by atoms with Crippen molar-refractivity contribution in [1.82, 2.24) is 4.90 Å². The molecule has 0 saturated heterocycles. The molecule has 0 saturated carbocycles. The van der Waals surface area contributed by atoms with Crippen molar-refractivity contribution in [1.29, 1.82) is 5.26 Å². The molecule has 1 heterocycles. The number of hydrogen-bond donors (Lipinski definition) is 2. The molecule has 2 aromatic rings. The van der Waals surface area contributed by atoms with E-state index in [1.54, 1.807) is 36.2 Å². The normalized spacial score (nSPS) is 12.5. The van der Waals surface area contributed by atoms with E-state index in [-0.39, 0.29) is 24.9 Å². The zero-order valence-electron chi connectivity index (χ0n) is 14.8. The number of likely N-dealkylation sites (N-methyl/N-ethyl adjacent to an activating group) is 1. The predicted molar refractivity (Wildman–Crippen MR) is 107 cm³/mol. The first-order chi connectivity index (χ1) is 13.0. The Hall–Kier alpha value is -2.40. The lowest BCUT2D eigenvalue weighted by molar-refractivity contribution is -0.119. The van der Waals surface area contributed by atoms with Gasteiger partial charge in [0.2, 0.25) is 11.8 Å². The van der Waals surface area contributed by atoms with E-state index in [1.165, 1.54) is 16.2 Å². The average molecular weight is 403 g/mol. The van der Waals surface area contributed by atoms with Crippen LogP contribution in [0, 0.1) is 11.3 Å². The smallest absolute Gasteiger partial charge is 0.239 e. The zero-order chi connectivity index (χ0) is 19.4. The van der Waals surface area contributed by atoms with Crippen molar-refractivity contribution in [2.75, 3.05) is 30.8 Å². The van der Waals surface area contributed by atoms with E-state index in [4.69, 9.17) is 11.6 Å². The van der Waals surface area contributed by atoms with Crippen molar-refractivity contribution in [2.24, 2.45) is 0 Å². The molecule has 140 valence electrons. The number of amides is 2. The van der Waals surface area contributed by atoms with Crippen LogP contribution in [0.1, 0.15) is 22.4 Å². The van der Waals surface area contributed by atoms with Gasteiger partial charge in [-0.1, -0.05) is 11.6 Å². The number of halogens is 1. The molecular weight excluding hydrogens is 384 g/mol. The Balaban J connectivity index is 1.51. The standard InChI is InChI=1S/C19H19ClN4O2S/c1-24(10-17(25)22-13-7-5-12(20)6-8-13)11-18(26)23-19-15(9-21)14-3-2-4-16(14)27-19/h5-8H,2-4,10-11H2,1H3,(H,22,25)(H,23,26). The van der Waals surface area contributed by atoms with Gasteiger partial charge in [-0.05, 0) is 56.1 Å². The quantitative estimate of drug-likeness (QED) is 0.776. The highest BCUT2D eigenvalue weighted by molar-refractivity contribution is 7.16. The highest BCUT2D eigenvalue weighted by Crippen LogP contribution is 2.38. The van der Waals surface area contributed by atoms with Gasteiger partial charge in [-0.2, -0.15) is 5.26 Å². The molecular formula is C19H19ClN4O2S. The third-order valence-electron chi connectivity index (χ3n) is 4.24. The SMILES string of the molecule is CN(CC(=O)Nc1ccc(Cl)cc1)CC(=O)Nc1sc2c(c1C#N)CCC2. The highest BCUT2D eigenvalue weighted by Gasteiger charge is 2.23. The second-order valence-electron chi connectivity index (χ2n) is 6.45. The molecule has 0 unspecified atom stereocenters. The van der Waals surface area contributed by atoms with Crippen LogP contribution < -0.4 is 10.6 Å². The van der Waals surface area contributed by atoms with Crippen molar-refractivity contribution in [2.45, 2.75) is 19.3 Å². The molecule has 0 aliphatic heterocycles. The summed E-state index contributed by atoms with van der Waals surface area (Å²) in [5.41, 5.74) is 2.31. The van der Waals surface area contributed by atoms with Crippen LogP contribution >= 0.6 is 22.9 Å². The Morgan fingerprint density at radius 2 is 1.85 bits per heavy atom. The van der Waals surface area contributed by atoms with Crippen molar-refractivity contribution in [3.05, 3.63) is 45.3 Å². The molecule has 3 rings (SSSR count). The average Bonchev–Trinajstić information content (AvgIpc) is 3.17. The van der Waals surface area contributed by atoms with Crippen LogP contribution in [0.5, 0.6) is 0 Å². The fourth-order valence-electron chi connectivity index (χ4n) is 3.06. The lowest BCUT2D eigenvalue weighted by Gasteiger charge is -2.16. The number of nitrogens with one attached hydrogen (secondary N) is 2. The van der Waals surface area contributed by atoms with Crippen LogP contribution in [0.25, 0.3) is 0 Å². The molecule has 6 nitrogen and oxygen atoms in total. The van der Waals surface area contributed by atoms with Crippen LogP contribution in [0.3, 0.4) is 0 Å². The minimum absolute atomic E-state index is 0.0570. The van der Waals surface area contributed by atoms with Gasteiger partial charge in [0.15, 0.2) is 0 Å². The summed E-state index contributed by atoms with van der Waals surface area (Å²) in [6, 6.07) is 9.02. The number of nitriles is 1. The van der Waals surface area contributed by atoms with Crippen LogP contribution in [0.2, 0.25) is 5.02 Å². The summed E-state index contributed by atoms with van der Waals surface area (Å²) in [7, 11) is 1.70. The Morgan fingerprint density at radius 1 is 1.19 bits per heavy atom. The van der Waals surface area contributed by atoms with Crippen molar-refractivity contribution >= 4 is 45.4 Å². The van der Waals surface area contributed by atoms with Gasteiger partial charge in [-0.3, -0.25) is 14.5 Å². The number of benzene rings is 1. The predicted octanol–water partition coefficient (Wildman–Crippen LogP) is 3.27. The number of thiophene rings is 1. The monoisotopic (exact) mass is 402 g/mol. The van der Waals surface area contributed by atoms with Gasteiger partial charge in [0.05, 0.1) is 18.7 Å². The van der Waals surface area contributed by atoms with Crippen LogP contribution in [0.15, 0.2) is 24.3 Å². The number of hydrogen-bond acceptors (Lipinski definition) is 5. The molecule has 0 radical (unpaired) electrons. The second kappa shape index (κ2) is 8.53. The number of carbonyl (C=O) groups is 2. The molecule has 0 fully saturated rings. The number of aryl methyl sites for hydroxylation is 1. The number of fused-ring (bicyclic) bond motifs is 1. The summed E-state index contributed by atoms with van der Waals surface area (Å²) in [5.74, 6) is -0.464. The van der Waals surface area contributed by atoms with E-state index in [1.807, 2.05) is 0 Å². The van der Waals surface area contributed by atoms with Gasteiger partial charge in [0.25, 0.3) is 0 Å². The van der Waals surface area contributed by atoms with Gasteiger partial charge in [0.1, 0.15) is 11.1 Å². The Labute approximate surface area is 166 Å². The first-order valence-corrected chi connectivity index (χ1v) is 9.74. The Morgan fingerprint density at radius 3 is 2.52 bits per heavy atom. The minimum atomic E-state index is -0.242.